The Bertz CT molecular complexity index is 533. The first kappa shape index (κ1) is 9.47. The van der Waals surface area contributed by atoms with Gasteiger partial charge in [0, 0.05) is 11.4 Å². The van der Waals surface area contributed by atoms with E-state index in [1.165, 1.54) is 0 Å². The predicted octanol–water partition coefficient (Wildman–Crippen LogP) is 1.11. The average Bonchev–Trinajstić information content (AvgIpc) is 2.82. The van der Waals surface area contributed by atoms with Gasteiger partial charge in [0.15, 0.2) is 11.5 Å². The molecule has 0 fully saturated rings. The summed E-state index contributed by atoms with van der Waals surface area (Å²) in [6.45, 7) is 2.90. The lowest BCUT2D eigenvalue weighted by atomic mass is 10.2. The Morgan fingerprint density at radius 3 is 3.19 bits per heavy atom. The predicted molar refractivity (Wildman–Crippen MR) is 59.5 cm³/mol. The number of hydrogen-bond acceptors (Lipinski definition) is 4. The molecule has 0 spiro atoms. The molecule has 2 heterocycles. The molecule has 2 N–H and O–H groups in total. The summed E-state index contributed by atoms with van der Waals surface area (Å²) in [5, 5.41) is 5.36. The molecular weight excluding hydrogens is 206 g/mol. The van der Waals surface area contributed by atoms with E-state index in [4.69, 9.17) is 15.2 Å². The first-order valence-corrected chi connectivity index (χ1v) is 5.25. The number of benzene rings is 1. The molecule has 1 aliphatic heterocycles. The maximum atomic E-state index is 5.79. The Balaban J connectivity index is 2.20. The van der Waals surface area contributed by atoms with Crippen molar-refractivity contribution in [2.24, 2.45) is 5.73 Å². The van der Waals surface area contributed by atoms with Gasteiger partial charge in [-0.15, -0.1) is 0 Å². The van der Waals surface area contributed by atoms with Crippen molar-refractivity contribution in [3.63, 3.8) is 0 Å². The van der Waals surface area contributed by atoms with Crippen LogP contribution in [0.5, 0.6) is 11.5 Å². The van der Waals surface area contributed by atoms with E-state index in [0.717, 1.165) is 22.4 Å². The van der Waals surface area contributed by atoms with Crippen LogP contribution in [0.2, 0.25) is 0 Å². The minimum absolute atomic E-state index is 0.0567. The van der Waals surface area contributed by atoms with Crippen LogP contribution in [0.4, 0.5) is 0 Å². The standard InChI is InChI=1S/C11H13N3O2/c1-7(12)5-14-10-8(4-13-14)2-3-9-11(10)16-6-15-9/h2-4,7H,5-6,12H2,1H3. The number of nitrogens with zero attached hydrogens (tertiary/aromatic N) is 2. The van der Waals surface area contributed by atoms with Crippen molar-refractivity contribution in [2.45, 2.75) is 19.5 Å². The lowest BCUT2D eigenvalue weighted by Crippen LogP contribution is -2.22. The molecule has 0 bridgehead atoms. The van der Waals surface area contributed by atoms with Crippen LogP contribution in [0.3, 0.4) is 0 Å². The highest BCUT2D eigenvalue weighted by Crippen LogP contribution is 2.38. The number of ether oxygens (including phenoxy) is 2. The second kappa shape index (κ2) is 3.38. The third kappa shape index (κ3) is 1.32. The monoisotopic (exact) mass is 219 g/mol. The Morgan fingerprint density at radius 2 is 2.38 bits per heavy atom. The molecule has 3 rings (SSSR count). The minimum atomic E-state index is 0.0567. The van der Waals surface area contributed by atoms with Crippen molar-refractivity contribution >= 4 is 10.9 Å². The van der Waals surface area contributed by atoms with Gasteiger partial charge in [0.1, 0.15) is 5.52 Å². The molecule has 0 amide bonds. The van der Waals surface area contributed by atoms with Gasteiger partial charge in [0.2, 0.25) is 6.79 Å². The van der Waals surface area contributed by atoms with Crippen LogP contribution in [0.25, 0.3) is 10.9 Å². The minimum Gasteiger partial charge on any atom is -0.454 e. The van der Waals surface area contributed by atoms with Crippen molar-refractivity contribution < 1.29 is 9.47 Å². The largest absolute Gasteiger partial charge is 0.454 e. The number of rotatable bonds is 2. The van der Waals surface area contributed by atoms with Gasteiger partial charge in [0.05, 0.1) is 12.7 Å². The Hall–Kier alpha value is -1.75. The highest BCUT2D eigenvalue weighted by molar-refractivity contribution is 5.87. The lowest BCUT2D eigenvalue weighted by Gasteiger charge is -2.08. The summed E-state index contributed by atoms with van der Waals surface area (Å²) in [5.41, 5.74) is 6.75. The summed E-state index contributed by atoms with van der Waals surface area (Å²) < 4.78 is 12.7. The van der Waals surface area contributed by atoms with Crippen LogP contribution >= 0.6 is 0 Å². The van der Waals surface area contributed by atoms with E-state index in [9.17, 15) is 0 Å². The first-order valence-electron chi connectivity index (χ1n) is 5.25. The summed E-state index contributed by atoms with van der Waals surface area (Å²) in [6.07, 6.45) is 1.82. The van der Waals surface area contributed by atoms with Crippen molar-refractivity contribution in [3.8, 4) is 11.5 Å². The Kier molecular flexibility index (Phi) is 2.00. The van der Waals surface area contributed by atoms with E-state index in [1.54, 1.807) is 0 Å². The molecule has 1 aliphatic rings. The fraction of sp³-hybridized carbons (Fsp3) is 0.364. The van der Waals surface area contributed by atoms with E-state index < -0.39 is 0 Å². The van der Waals surface area contributed by atoms with Crippen molar-refractivity contribution in [1.82, 2.24) is 9.78 Å². The molecular formula is C11H13N3O2. The summed E-state index contributed by atoms with van der Waals surface area (Å²) in [7, 11) is 0. The van der Waals surface area contributed by atoms with Crippen LogP contribution < -0.4 is 15.2 Å². The summed E-state index contributed by atoms with van der Waals surface area (Å²) >= 11 is 0. The second-order valence-electron chi connectivity index (χ2n) is 4.04. The zero-order chi connectivity index (χ0) is 11.1. The highest BCUT2D eigenvalue weighted by Gasteiger charge is 2.20. The van der Waals surface area contributed by atoms with Crippen LogP contribution in [0.15, 0.2) is 18.3 Å². The van der Waals surface area contributed by atoms with Gasteiger partial charge in [-0.3, -0.25) is 4.68 Å². The molecule has 5 nitrogen and oxygen atoms in total. The van der Waals surface area contributed by atoms with Crippen LogP contribution in [0.1, 0.15) is 6.92 Å². The van der Waals surface area contributed by atoms with E-state index in [1.807, 2.05) is 29.9 Å². The van der Waals surface area contributed by atoms with Crippen molar-refractivity contribution in [1.29, 1.82) is 0 Å². The quantitative estimate of drug-likeness (QED) is 0.822. The maximum absolute atomic E-state index is 5.79. The van der Waals surface area contributed by atoms with Crippen molar-refractivity contribution in [3.05, 3.63) is 18.3 Å². The first-order chi connectivity index (χ1) is 7.75. The van der Waals surface area contributed by atoms with Gasteiger partial charge in [-0.05, 0) is 19.1 Å². The number of hydrogen-bond donors (Lipinski definition) is 1. The lowest BCUT2D eigenvalue weighted by molar-refractivity contribution is 0.174. The van der Waals surface area contributed by atoms with Gasteiger partial charge in [-0.25, -0.2) is 0 Å². The molecule has 0 aliphatic carbocycles. The molecule has 1 unspecified atom stereocenters. The average molecular weight is 219 g/mol. The highest BCUT2D eigenvalue weighted by atomic mass is 16.7. The molecule has 1 aromatic carbocycles. The summed E-state index contributed by atoms with van der Waals surface area (Å²) in [5.74, 6) is 1.55. The van der Waals surface area contributed by atoms with Gasteiger partial charge in [-0.2, -0.15) is 5.10 Å². The topological polar surface area (TPSA) is 62.3 Å². The van der Waals surface area contributed by atoms with E-state index >= 15 is 0 Å². The van der Waals surface area contributed by atoms with Crippen LogP contribution in [-0.2, 0) is 6.54 Å². The van der Waals surface area contributed by atoms with Gasteiger partial charge >= 0.3 is 0 Å². The Morgan fingerprint density at radius 1 is 1.50 bits per heavy atom. The van der Waals surface area contributed by atoms with Crippen molar-refractivity contribution in [2.75, 3.05) is 6.79 Å². The van der Waals surface area contributed by atoms with E-state index in [2.05, 4.69) is 5.10 Å². The molecule has 0 radical (unpaired) electrons. The zero-order valence-electron chi connectivity index (χ0n) is 9.01. The SMILES string of the molecule is CC(N)Cn1ncc2ccc3c(c21)OCO3. The molecule has 0 saturated heterocycles. The fourth-order valence-corrected chi connectivity index (χ4v) is 1.94. The van der Waals surface area contributed by atoms with Crippen LogP contribution in [-0.4, -0.2) is 22.6 Å². The van der Waals surface area contributed by atoms with Gasteiger partial charge < -0.3 is 15.2 Å². The zero-order valence-corrected chi connectivity index (χ0v) is 9.01. The normalized spacial score (nSPS) is 15.6. The number of aromatic nitrogens is 2. The molecule has 2 aromatic rings. The molecule has 5 heteroatoms. The van der Waals surface area contributed by atoms with Crippen LogP contribution in [0, 0.1) is 0 Å². The molecule has 1 aromatic heterocycles. The maximum Gasteiger partial charge on any atom is 0.231 e. The van der Waals surface area contributed by atoms with E-state index in [0.29, 0.717) is 6.54 Å². The Labute approximate surface area is 92.7 Å². The smallest absolute Gasteiger partial charge is 0.231 e. The molecule has 16 heavy (non-hydrogen) atoms. The summed E-state index contributed by atoms with van der Waals surface area (Å²) in [4.78, 5) is 0. The molecule has 0 saturated carbocycles. The third-order valence-corrected chi connectivity index (χ3v) is 2.60. The van der Waals surface area contributed by atoms with E-state index in [-0.39, 0.29) is 12.8 Å². The number of nitrogens with two attached hydrogens (primary N) is 1. The number of fused-ring (bicyclic) bond motifs is 3. The summed E-state index contributed by atoms with van der Waals surface area (Å²) in [6, 6.07) is 3.94. The third-order valence-electron chi connectivity index (χ3n) is 2.60. The fourth-order valence-electron chi connectivity index (χ4n) is 1.94. The second-order valence-corrected chi connectivity index (χ2v) is 4.04. The van der Waals surface area contributed by atoms with Gasteiger partial charge in [0.25, 0.3) is 0 Å². The van der Waals surface area contributed by atoms with Gasteiger partial charge in [-0.1, -0.05) is 0 Å². The molecule has 1 atom stereocenters. The molecule has 84 valence electrons.